The Hall–Kier alpha value is -5.26. The molecule has 2 aromatic heterocycles. The van der Waals surface area contributed by atoms with Gasteiger partial charge in [0, 0.05) is 49.5 Å². The van der Waals surface area contributed by atoms with Crippen molar-refractivity contribution in [3.8, 4) is 34.2 Å². The van der Waals surface area contributed by atoms with E-state index in [1.54, 1.807) is 6.92 Å². The van der Waals surface area contributed by atoms with Crippen molar-refractivity contribution < 1.29 is 14.7 Å². The molecule has 1 fully saturated rings. The van der Waals surface area contributed by atoms with Gasteiger partial charge in [-0.3, -0.25) is 10.2 Å². The Bertz CT molecular complexity index is 2190. The summed E-state index contributed by atoms with van der Waals surface area (Å²) in [5.41, 5.74) is 7.46. The molecule has 57 heavy (non-hydrogen) atoms. The average molecular weight is 766 g/mol. The Kier molecular flexibility index (Phi) is 15.5. The normalized spacial score (nSPS) is 15.3. The Morgan fingerprint density at radius 1 is 0.807 bits per heavy atom. The van der Waals surface area contributed by atoms with Gasteiger partial charge in [-0.15, -0.1) is 0 Å². The van der Waals surface area contributed by atoms with Gasteiger partial charge in [0.2, 0.25) is 5.91 Å². The average Bonchev–Trinajstić information content (AvgIpc) is 3.55. The second-order valence-electron chi connectivity index (χ2n) is 15.7. The van der Waals surface area contributed by atoms with Crippen LogP contribution in [0.25, 0.3) is 33.4 Å². The fourth-order valence-corrected chi connectivity index (χ4v) is 8.11. The molecule has 2 heterocycles. The number of carbonyl (C=O) groups excluding carboxylic acids is 2. The van der Waals surface area contributed by atoms with Crippen molar-refractivity contribution in [2.45, 2.75) is 128 Å². The minimum atomic E-state index is -0.268. The Balaban J connectivity index is 1.10. The van der Waals surface area contributed by atoms with Crippen LogP contribution in [-0.2, 0) is 16.1 Å². The summed E-state index contributed by atoms with van der Waals surface area (Å²) >= 11 is 0. The van der Waals surface area contributed by atoms with Gasteiger partial charge < -0.3 is 24.4 Å². The van der Waals surface area contributed by atoms with Crippen molar-refractivity contribution in [2.75, 3.05) is 6.54 Å². The molecule has 0 radical (unpaired) electrons. The molecule has 5 aromatic rings. The summed E-state index contributed by atoms with van der Waals surface area (Å²) in [7, 11) is 0. The lowest BCUT2D eigenvalue weighted by molar-refractivity contribution is -0.121. The van der Waals surface area contributed by atoms with Gasteiger partial charge in [-0.2, -0.15) is 0 Å². The molecule has 3 aromatic carbocycles. The first kappa shape index (κ1) is 41.4. The molecule has 0 bridgehead atoms. The quantitative estimate of drug-likeness (QED) is 0.0574. The van der Waals surface area contributed by atoms with Gasteiger partial charge in [0.15, 0.2) is 0 Å². The molecule has 6 rings (SSSR count). The zero-order valence-electron chi connectivity index (χ0n) is 33.6. The Morgan fingerprint density at radius 2 is 1.47 bits per heavy atom. The van der Waals surface area contributed by atoms with Crippen LogP contribution in [0.5, 0.6) is 0 Å². The van der Waals surface area contributed by atoms with Crippen LogP contribution in [0.1, 0.15) is 127 Å². The Morgan fingerprint density at radius 3 is 2.18 bits per heavy atom. The first-order chi connectivity index (χ1) is 27.9. The topological polar surface area (TPSA) is 113 Å². The zero-order chi connectivity index (χ0) is 39.8. The first-order valence-electron chi connectivity index (χ1n) is 21.2. The largest absolute Gasteiger partial charge is 0.393 e. The van der Waals surface area contributed by atoms with Crippen LogP contribution in [0, 0.1) is 17.3 Å². The second kappa shape index (κ2) is 21.3. The monoisotopic (exact) mass is 765 g/mol. The maximum atomic E-state index is 12.3. The molecule has 1 aliphatic rings. The van der Waals surface area contributed by atoms with Gasteiger partial charge in [-0.25, -0.2) is 4.98 Å². The number of unbranched alkanes of at least 4 members (excludes halogenated alkanes) is 8. The number of aliphatic hydroxyl groups excluding tert-OH is 1. The second-order valence-corrected chi connectivity index (χ2v) is 15.7. The van der Waals surface area contributed by atoms with Crippen molar-refractivity contribution >= 4 is 22.7 Å². The van der Waals surface area contributed by atoms with E-state index in [2.05, 4.69) is 94.5 Å². The van der Waals surface area contributed by atoms with Gasteiger partial charge in [-0.05, 0) is 87.1 Å². The van der Waals surface area contributed by atoms with E-state index in [0.717, 1.165) is 122 Å². The third-order valence-corrected chi connectivity index (χ3v) is 11.2. The van der Waals surface area contributed by atoms with Crippen molar-refractivity contribution in [1.82, 2.24) is 19.4 Å². The fraction of sp³-hybridized carbons (Fsp3) is 0.429. The summed E-state index contributed by atoms with van der Waals surface area (Å²) in [6.07, 6.45) is 16.2. The summed E-state index contributed by atoms with van der Waals surface area (Å²) in [6.45, 7) is 2.91. The number of rotatable bonds is 19. The summed E-state index contributed by atoms with van der Waals surface area (Å²) in [4.78, 5) is 28.4. The minimum absolute atomic E-state index is 0.130. The smallest absolute Gasteiger partial charge is 0.219 e. The molecule has 8 nitrogen and oxygen atoms in total. The van der Waals surface area contributed by atoms with Crippen molar-refractivity contribution in [3.05, 3.63) is 108 Å². The van der Waals surface area contributed by atoms with Gasteiger partial charge in [0.05, 0.1) is 23.5 Å². The summed E-state index contributed by atoms with van der Waals surface area (Å²) < 4.78 is 4.29. The predicted octanol–water partition coefficient (Wildman–Crippen LogP) is 9.91. The van der Waals surface area contributed by atoms with Crippen LogP contribution >= 0.6 is 0 Å². The molecule has 8 heteroatoms. The molecular formula is C49H59N5O3. The van der Waals surface area contributed by atoms with Crippen molar-refractivity contribution in [3.63, 3.8) is 0 Å². The van der Waals surface area contributed by atoms with E-state index in [4.69, 9.17) is 4.98 Å². The van der Waals surface area contributed by atoms with Gasteiger partial charge in [0.1, 0.15) is 16.9 Å². The molecule has 0 saturated heterocycles. The lowest BCUT2D eigenvalue weighted by Gasteiger charge is -2.27. The van der Waals surface area contributed by atoms with Crippen LogP contribution in [0.15, 0.2) is 91.3 Å². The van der Waals surface area contributed by atoms with E-state index in [0.29, 0.717) is 31.4 Å². The van der Waals surface area contributed by atoms with E-state index < -0.39 is 0 Å². The molecular weight excluding hydrogens is 707 g/mol. The molecule has 1 saturated carbocycles. The third-order valence-electron chi connectivity index (χ3n) is 11.2. The molecule has 0 atom stereocenters. The van der Waals surface area contributed by atoms with Gasteiger partial charge in [-0.1, -0.05) is 117 Å². The number of aromatic nitrogens is 3. The van der Waals surface area contributed by atoms with Crippen LogP contribution in [-0.4, -0.2) is 43.6 Å². The number of fused-ring (bicyclic) bond motifs is 1. The van der Waals surface area contributed by atoms with Crippen LogP contribution in [0.4, 0.5) is 0 Å². The van der Waals surface area contributed by atoms with Crippen LogP contribution < -0.4 is 10.8 Å². The summed E-state index contributed by atoms with van der Waals surface area (Å²) in [5, 5.41) is 23.7. The number of amides is 1. The number of nitrogens with one attached hydrogen (secondary N) is 2. The summed E-state index contributed by atoms with van der Waals surface area (Å²) in [6, 6.07) is 29.3. The number of aliphatic hydroxyl groups is 1. The highest BCUT2D eigenvalue weighted by Gasteiger charge is 2.26. The van der Waals surface area contributed by atoms with E-state index in [9.17, 15) is 20.1 Å². The summed E-state index contributed by atoms with van der Waals surface area (Å²) in [5.74, 6) is 7.14. The maximum absolute atomic E-state index is 12.3. The van der Waals surface area contributed by atoms with E-state index in [1.165, 1.54) is 12.8 Å². The molecule has 0 unspecified atom stereocenters. The number of hydrogen-bond acceptors (Lipinski definition) is 5. The van der Waals surface area contributed by atoms with E-state index >= 15 is 0 Å². The minimum Gasteiger partial charge on any atom is -0.393 e. The van der Waals surface area contributed by atoms with Crippen molar-refractivity contribution in [1.29, 1.82) is 5.41 Å². The molecule has 0 aliphatic heterocycles. The highest BCUT2D eigenvalue weighted by atomic mass is 16.3. The van der Waals surface area contributed by atoms with E-state index in [1.807, 2.05) is 23.0 Å². The third kappa shape index (κ3) is 11.6. The number of Topliss-reactive ketones (excluding diaryl/α,β-unsaturated/α-hetero) is 1. The number of benzene rings is 3. The molecule has 3 N–H and O–H groups in total. The Labute approximate surface area is 338 Å². The van der Waals surface area contributed by atoms with Crippen LogP contribution in [0.3, 0.4) is 0 Å². The number of hydrogen-bond donors (Lipinski definition) is 3. The van der Waals surface area contributed by atoms with E-state index in [-0.39, 0.29) is 23.8 Å². The molecule has 298 valence electrons. The lowest BCUT2D eigenvalue weighted by Crippen LogP contribution is -2.29. The predicted molar refractivity (Wildman–Crippen MR) is 229 cm³/mol. The molecule has 1 amide bonds. The van der Waals surface area contributed by atoms with Gasteiger partial charge >= 0.3 is 0 Å². The van der Waals surface area contributed by atoms with Crippen LogP contribution in [0.2, 0.25) is 0 Å². The fourth-order valence-electron chi connectivity index (χ4n) is 8.11. The highest BCUT2D eigenvalue weighted by molar-refractivity contribution is 6.02. The maximum Gasteiger partial charge on any atom is 0.219 e. The zero-order valence-corrected chi connectivity index (χ0v) is 33.6. The lowest BCUT2D eigenvalue weighted by atomic mass is 9.93. The van der Waals surface area contributed by atoms with Gasteiger partial charge in [0.25, 0.3) is 0 Å². The number of nitrogens with zero attached hydrogens (tertiary/aromatic N) is 3. The molecule has 1 aliphatic carbocycles. The highest BCUT2D eigenvalue weighted by Crippen LogP contribution is 2.40. The standard InChI is InChI=1S/C49H59N5O3/c1-37(55)20-11-5-3-2-4-6-17-28-44(57)51-33-18-8-7-12-21-38-22-19-23-39(34-38)35-53-47(41-26-15-10-16-27-41)45(40-24-13-9-14-25-40)46-48(50)54(36-52-49(46)53)42-29-31-43(56)32-30-42/h9-10,13-16,19,22-27,34,36,42-43,50,56H,2-8,11,17-18,20,28-33,35H2,1H3,(H,51,57). The van der Waals surface area contributed by atoms with Crippen molar-refractivity contribution in [2.24, 2.45) is 0 Å². The number of ketones is 1. The first-order valence-corrected chi connectivity index (χ1v) is 21.2. The number of carbonyl (C=O) groups is 2. The SMILES string of the molecule is CC(=O)CCCCCCCCCC(=O)NCCCCC#Cc1cccc(Cn2c(-c3ccccc3)c(-c3ccccc3)c3c(=N)n(C4CCC(O)CC4)cnc32)c1. The molecule has 0 spiro atoms.